The number of carbonyl (C=O) groups excluding carboxylic acids is 1. The molecule has 0 saturated heterocycles. The molecule has 0 bridgehead atoms. The number of aliphatic imine (C=N–C) groups is 1. The third-order valence-electron chi connectivity index (χ3n) is 2.62. The largest absolute Gasteiger partial charge is 0.312 e. The normalized spacial score (nSPS) is 18.7. The minimum absolute atomic E-state index is 0.0264. The number of hydrogen-bond donors (Lipinski definition) is 1. The van der Waals surface area contributed by atoms with Crippen molar-refractivity contribution in [3.8, 4) is 0 Å². The summed E-state index contributed by atoms with van der Waals surface area (Å²) in [6.07, 6.45) is 1.79. The molecule has 5 heteroatoms. The fourth-order valence-electron chi connectivity index (χ4n) is 1.76. The first-order valence-electron chi connectivity index (χ1n) is 5.95. The van der Waals surface area contributed by atoms with E-state index in [1.54, 1.807) is 11.8 Å². The van der Waals surface area contributed by atoms with Gasteiger partial charge in [0.25, 0.3) is 0 Å². The molecule has 0 aromatic heterocycles. The van der Waals surface area contributed by atoms with Gasteiger partial charge in [-0.1, -0.05) is 31.0 Å². The molecule has 3 nitrogen and oxygen atoms in total. The van der Waals surface area contributed by atoms with Crippen LogP contribution in [0.2, 0.25) is 5.02 Å². The molecule has 1 aliphatic heterocycles. The van der Waals surface area contributed by atoms with E-state index in [2.05, 4.69) is 17.2 Å². The van der Waals surface area contributed by atoms with Crippen molar-refractivity contribution in [2.45, 2.75) is 30.7 Å². The summed E-state index contributed by atoms with van der Waals surface area (Å²) in [5.41, 5.74) is 0. The lowest BCUT2D eigenvalue weighted by molar-refractivity contribution is -0.120. The molecule has 1 heterocycles. The van der Waals surface area contributed by atoms with Crippen LogP contribution in [0.5, 0.6) is 0 Å². The van der Waals surface area contributed by atoms with Crippen LogP contribution in [0.4, 0.5) is 0 Å². The van der Waals surface area contributed by atoms with Gasteiger partial charge >= 0.3 is 0 Å². The maximum atomic E-state index is 11.6. The topological polar surface area (TPSA) is 41.5 Å². The van der Waals surface area contributed by atoms with Crippen LogP contribution < -0.4 is 5.32 Å². The average molecular weight is 283 g/mol. The number of rotatable bonds is 5. The van der Waals surface area contributed by atoms with Crippen LogP contribution >= 0.6 is 23.4 Å². The van der Waals surface area contributed by atoms with Crippen LogP contribution in [0.25, 0.3) is 0 Å². The first-order valence-corrected chi connectivity index (χ1v) is 7.31. The van der Waals surface area contributed by atoms with Gasteiger partial charge in [0.05, 0.1) is 5.75 Å². The average Bonchev–Trinajstić information content (AvgIpc) is 2.69. The van der Waals surface area contributed by atoms with E-state index in [0.29, 0.717) is 5.75 Å². The number of nitrogens with one attached hydrogen (secondary N) is 1. The van der Waals surface area contributed by atoms with E-state index in [9.17, 15) is 4.79 Å². The smallest absolute Gasteiger partial charge is 0.250 e. The molecule has 96 valence electrons. The first-order chi connectivity index (χ1) is 8.69. The predicted octanol–water partition coefficient (Wildman–Crippen LogP) is 3.13. The van der Waals surface area contributed by atoms with Gasteiger partial charge in [0, 0.05) is 9.92 Å². The van der Waals surface area contributed by atoms with Crippen molar-refractivity contribution in [2.24, 2.45) is 4.99 Å². The second-order valence-corrected chi connectivity index (χ2v) is 5.60. The van der Waals surface area contributed by atoms with Gasteiger partial charge in [-0.05, 0) is 24.6 Å². The lowest BCUT2D eigenvalue weighted by Crippen LogP contribution is -2.29. The number of amides is 1. The van der Waals surface area contributed by atoms with Crippen molar-refractivity contribution in [3.63, 3.8) is 0 Å². The highest BCUT2D eigenvalue weighted by Crippen LogP contribution is 2.22. The molecule has 1 N–H and O–H groups in total. The van der Waals surface area contributed by atoms with Crippen molar-refractivity contribution in [2.75, 3.05) is 5.75 Å². The molecule has 0 radical (unpaired) electrons. The fourth-order valence-corrected chi connectivity index (χ4v) is 2.85. The minimum Gasteiger partial charge on any atom is -0.312 e. The summed E-state index contributed by atoms with van der Waals surface area (Å²) < 4.78 is 0. The van der Waals surface area contributed by atoms with Crippen LogP contribution in [-0.4, -0.2) is 23.5 Å². The van der Waals surface area contributed by atoms with Gasteiger partial charge < -0.3 is 5.32 Å². The van der Waals surface area contributed by atoms with Crippen LogP contribution in [0, 0.1) is 0 Å². The van der Waals surface area contributed by atoms with Crippen LogP contribution in [0.3, 0.4) is 0 Å². The maximum Gasteiger partial charge on any atom is 0.250 e. The number of amidine groups is 1. The lowest BCUT2D eigenvalue weighted by atomic mass is 10.2. The summed E-state index contributed by atoms with van der Waals surface area (Å²) in [5, 5.41) is 3.55. The quantitative estimate of drug-likeness (QED) is 0.843. The summed E-state index contributed by atoms with van der Waals surface area (Å²) in [4.78, 5) is 17.1. The molecule has 0 spiro atoms. The van der Waals surface area contributed by atoms with E-state index in [1.165, 1.54) is 0 Å². The van der Waals surface area contributed by atoms with E-state index < -0.39 is 0 Å². The molecule has 1 unspecified atom stereocenters. The summed E-state index contributed by atoms with van der Waals surface area (Å²) in [7, 11) is 0. The highest BCUT2D eigenvalue weighted by atomic mass is 35.5. The Morgan fingerprint density at radius 2 is 2.33 bits per heavy atom. The predicted molar refractivity (Wildman–Crippen MR) is 76.4 cm³/mol. The Morgan fingerprint density at radius 1 is 1.50 bits per heavy atom. The number of halogens is 1. The van der Waals surface area contributed by atoms with Crippen LogP contribution in [0.15, 0.2) is 34.2 Å². The molecule has 2 rings (SSSR count). The minimum atomic E-state index is -0.190. The number of benzene rings is 1. The van der Waals surface area contributed by atoms with E-state index in [-0.39, 0.29) is 11.9 Å². The van der Waals surface area contributed by atoms with Crippen molar-refractivity contribution in [1.82, 2.24) is 5.32 Å². The summed E-state index contributed by atoms with van der Waals surface area (Å²) in [5.74, 6) is 1.47. The Labute approximate surface area is 116 Å². The Morgan fingerprint density at radius 3 is 3.06 bits per heavy atom. The monoisotopic (exact) mass is 282 g/mol. The molecular formula is C13H15ClN2OS. The van der Waals surface area contributed by atoms with E-state index in [0.717, 1.165) is 28.6 Å². The zero-order valence-electron chi connectivity index (χ0n) is 10.1. The van der Waals surface area contributed by atoms with E-state index in [4.69, 9.17) is 11.6 Å². The van der Waals surface area contributed by atoms with Crippen molar-refractivity contribution >= 4 is 35.1 Å². The van der Waals surface area contributed by atoms with Gasteiger partial charge in [-0.25, -0.2) is 0 Å². The number of thioether (sulfide) groups is 1. The highest BCUT2D eigenvalue weighted by Gasteiger charge is 2.24. The standard InChI is InChI=1S/C13H15ClN2OS/c1-2-4-11-13(17)16-12(15-11)8-18-10-6-3-5-9(14)7-10/h3,5-7,11H,2,4,8H2,1H3,(H,15,16,17). The first kappa shape index (κ1) is 13.4. The van der Waals surface area contributed by atoms with Crippen molar-refractivity contribution < 1.29 is 4.79 Å². The van der Waals surface area contributed by atoms with Gasteiger partial charge in [-0.2, -0.15) is 0 Å². The summed E-state index contributed by atoms with van der Waals surface area (Å²) >= 11 is 7.54. The van der Waals surface area contributed by atoms with Gasteiger partial charge in [0.1, 0.15) is 11.9 Å². The van der Waals surface area contributed by atoms with Crippen LogP contribution in [-0.2, 0) is 4.79 Å². The molecule has 1 aromatic rings. The summed E-state index contributed by atoms with van der Waals surface area (Å²) in [6.45, 7) is 2.06. The van der Waals surface area contributed by atoms with Gasteiger partial charge in [0.2, 0.25) is 5.91 Å². The lowest BCUT2D eigenvalue weighted by Gasteiger charge is -2.01. The van der Waals surface area contributed by atoms with Gasteiger partial charge in [-0.15, -0.1) is 11.8 Å². The Bertz CT molecular complexity index is 476. The van der Waals surface area contributed by atoms with Crippen LogP contribution in [0.1, 0.15) is 19.8 Å². The maximum absolute atomic E-state index is 11.6. The summed E-state index contributed by atoms with van der Waals surface area (Å²) in [6, 6.07) is 7.48. The van der Waals surface area contributed by atoms with Crippen molar-refractivity contribution in [1.29, 1.82) is 0 Å². The Balaban J connectivity index is 1.91. The van der Waals surface area contributed by atoms with Gasteiger partial charge in [0.15, 0.2) is 0 Å². The highest BCUT2D eigenvalue weighted by molar-refractivity contribution is 8.00. The zero-order valence-corrected chi connectivity index (χ0v) is 11.7. The van der Waals surface area contributed by atoms with E-state index in [1.807, 2.05) is 24.3 Å². The van der Waals surface area contributed by atoms with Crippen molar-refractivity contribution in [3.05, 3.63) is 29.3 Å². The zero-order chi connectivity index (χ0) is 13.0. The second kappa shape index (κ2) is 6.25. The third-order valence-corrected chi connectivity index (χ3v) is 3.86. The molecule has 1 amide bonds. The molecule has 0 aliphatic carbocycles. The molecule has 1 aromatic carbocycles. The fraction of sp³-hybridized carbons (Fsp3) is 0.385. The molecule has 1 aliphatic rings. The van der Waals surface area contributed by atoms with Gasteiger partial charge in [-0.3, -0.25) is 9.79 Å². The van der Waals surface area contributed by atoms with E-state index >= 15 is 0 Å². The molecule has 1 atom stereocenters. The number of nitrogens with zero attached hydrogens (tertiary/aromatic N) is 1. The second-order valence-electron chi connectivity index (χ2n) is 4.12. The molecular weight excluding hydrogens is 268 g/mol. The third kappa shape index (κ3) is 3.50. The Kier molecular flexibility index (Phi) is 4.66. The number of hydrogen-bond acceptors (Lipinski definition) is 3. The number of carbonyl (C=O) groups is 1. The SMILES string of the molecule is CCCC1N=C(CSc2cccc(Cl)c2)NC1=O. The Hall–Kier alpha value is -1.00. The molecule has 18 heavy (non-hydrogen) atoms. The molecule has 0 saturated carbocycles. The molecule has 0 fully saturated rings.